The molecule has 19 heavy (non-hydrogen) atoms. The molecule has 1 amide bonds. The van der Waals surface area contributed by atoms with Gasteiger partial charge in [0.2, 0.25) is 0 Å². The van der Waals surface area contributed by atoms with Crippen LogP contribution < -0.4 is 15.8 Å². The van der Waals surface area contributed by atoms with Crippen molar-refractivity contribution in [3.63, 3.8) is 0 Å². The molecule has 0 atom stereocenters. The van der Waals surface area contributed by atoms with Crippen molar-refractivity contribution in [2.45, 2.75) is 44.1 Å². The van der Waals surface area contributed by atoms with Crippen LogP contribution in [-0.2, 0) is 10.2 Å². The smallest absolute Gasteiger partial charge is 0.268 e. The summed E-state index contributed by atoms with van der Waals surface area (Å²) < 4.78 is 5.74. The Balaban J connectivity index is 1.97. The molecular weight excluding hydrogens is 240 g/mol. The number of anilines is 1. The fraction of sp³-hybridized carbons (Fsp3) is 0.533. The summed E-state index contributed by atoms with van der Waals surface area (Å²) in [5.41, 5.74) is 7.20. The molecule has 0 aromatic heterocycles. The highest BCUT2D eigenvalue weighted by atomic mass is 16.5. The van der Waals surface area contributed by atoms with Crippen LogP contribution in [-0.4, -0.2) is 18.1 Å². The Morgan fingerprint density at radius 2 is 2.11 bits per heavy atom. The summed E-state index contributed by atoms with van der Waals surface area (Å²) in [4.78, 5) is 11.9. The SMILES string of the molecule is CC1(C)Oc2ccc(C3(CN)CCC3)cc2NC1=O. The van der Waals surface area contributed by atoms with Gasteiger partial charge >= 0.3 is 0 Å². The standard InChI is InChI=1S/C15H20N2O2/c1-14(2)13(18)17-11-8-10(4-5-12(11)19-14)15(9-16)6-3-7-15/h4-5,8H,3,6-7,9,16H2,1-2H3,(H,17,18). The summed E-state index contributed by atoms with van der Waals surface area (Å²) in [7, 11) is 0. The molecule has 0 spiro atoms. The number of hydrogen-bond acceptors (Lipinski definition) is 3. The second-order valence-electron chi connectivity index (χ2n) is 6.12. The van der Waals surface area contributed by atoms with Crippen molar-refractivity contribution in [3.8, 4) is 5.75 Å². The Hall–Kier alpha value is -1.55. The van der Waals surface area contributed by atoms with Crippen LogP contribution in [0.25, 0.3) is 0 Å². The fourth-order valence-electron chi connectivity index (χ4n) is 2.85. The largest absolute Gasteiger partial charge is 0.476 e. The van der Waals surface area contributed by atoms with Crippen molar-refractivity contribution in [2.24, 2.45) is 5.73 Å². The van der Waals surface area contributed by atoms with E-state index in [1.165, 1.54) is 12.0 Å². The third kappa shape index (κ3) is 1.82. The van der Waals surface area contributed by atoms with E-state index >= 15 is 0 Å². The predicted octanol–water partition coefficient (Wildman–Crippen LogP) is 2.18. The zero-order chi connectivity index (χ0) is 13.7. The first kappa shape index (κ1) is 12.5. The van der Waals surface area contributed by atoms with E-state index in [9.17, 15) is 4.79 Å². The first-order valence-corrected chi connectivity index (χ1v) is 6.82. The molecule has 1 heterocycles. The molecule has 3 N–H and O–H groups in total. The third-order valence-electron chi connectivity index (χ3n) is 4.45. The van der Waals surface area contributed by atoms with Crippen LogP contribution in [0.2, 0.25) is 0 Å². The van der Waals surface area contributed by atoms with Gasteiger partial charge in [0, 0.05) is 12.0 Å². The number of carbonyl (C=O) groups is 1. The fourth-order valence-corrected chi connectivity index (χ4v) is 2.85. The van der Waals surface area contributed by atoms with E-state index in [1.54, 1.807) is 13.8 Å². The van der Waals surface area contributed by atoms with Gasteiger partial charge in [-0.2, -0.15) is 0 Å². The van der Waals surface area contributed by atoms with Gasteiger partial charge in [0.15, 0.2) is 5.60 Å². The molecule has 1 aromatic rings. The lowest BCUT2D eigenvalue weighted by atomic mass is 9.64. The van der Waals surface area contributed by atoms with E-state index < -0.39 is 5.60 Å². The number of hydrogen-bond donors (Lipinski definition) is 2. The predicted molar refractivity (Wildman–Crippen MR) is 74.4 cm³/mol. The molecule has 0 saturated heterocycles. The Labute approximate surface area is 113 Å². The maximum atomic E-state index is 11.9. The summed E-state index contributed by atoms with van der Waals surface area (Å²) >= 11 is 0. The number of nitrogens with one attached hydrogen (secondary N) is 1. The molecule has 4 heteroatoms. The second-order valence-corrected chi connectivity index (χ2v) is 6.12. The van der Waals surface area contributed by atoms with Crippen molar-refractivity contribution in [1.29, 1.82) is 0 Å². The molecule has 0 unspecified atom stereocenters. The zero-order valence-corrected chi connectivity index (χ0v) is 11.5. The van der Waals surface area contributed by atoms with E-state index in [0.717, 1.165) is 24.3 Å². The first-order chi connectivity index (χ1) is 8.97. The number of benzene rings is 1. The summed E-state index contributed by atoms with van der Waals surface area (Å²) in [6, 6.07) is 6.05. The van der Waals surface area contributed by atoms with Crippen LogP contribution in [0.4, 0.5) is 5.69 Å². The van der Waals surface area contributed by atoms with E-state index in [0.29, 0.717) is 6.54 Å². The molecule has 1 fully saturated rings. The number of carbonyl (C=O) groups excluding carboxylic acids is 1. The molecule has 102 valence electrons. The normalized spacial score (nSPS) is 22.8. The number of ether oxygens (including phenoxy) is 1. The van der Waals surface area contributed by atoms with Crippen LogP contribution in [0.5, 0.6) is 5.75 Å². The summed E-state index contributed by atoms with van der Waals surface area (Å²) in [6.07, 6.45) is 3.48. The van der Waals surface area contributed by atoms with E-state index in [1.807, 2.05) is 12.1 Å². The Bertz CT molecular complexity index is 527. The molecule has 1 saturated carbocycles. The molecular formula is C15H20N2O2. The highest BCUT2D eigenvalue weighted by Gasteiger charge is 2.39. The topological polar surface area (TPSA) is 64.3 Å². The molecule has 4 nitrogen and oxygen atoms in total. The van der Waals surface area contributed by atoms with Gasteiger partial charge in [-0.15, -0.1) is 0 Å². The first-order valence-electron chi connectivity index (χ1n) is 6.82. The van der Waals surface area contributed by atoms with Crippen LogP contribution in [0, 0.1) is 0 Å². The lowest BCUT2D eigenvalue weighted by Gasteiger charge is -2.42. The third-order valence-corrected chi connectivity index (χ3v) is 4.45. The summed E-state index contributed by atoms with van der Waals surface area (Å²) in [5.74, 6) is 0.632. The number of rotatable bonds is 2. The van der Waals surface area contributed by atoms with Crippen LogP contribution in [0.1, 0.15) is 38.7 Å². The maximum absolute atomic E-state index is 11.9. The lowest BCUT2D eigenvalue weighted by molar-refractivity contribution is -0.129. The summed E-state index contributed by atoms with van der Waals surface area (Å²) in [6.45, 7) is 4.20. The molecule has 0 bridgehead atoms. The molecule has 3 rings (SSSR count). The minimum absolute atomic E-state index is 0.104. The molecule has 1 aliphatic carbocycles. The molecule has 1 aromatic carbocycles. The Kier molecular flexibility index (Phi) is 2.61. The maximum Gasteiger partial charge on any atom is 0.268 e. The van der Waals surface area contributed by atoms with Crippen molar-refractivity contribution >= 4 is 11.6 Å². The Morgan fingerprint density at radius 3 is 2.68 bits per heavy atom. The minimum Gasteiger partial charge on any atom is -0.476 e. The van der Waals surface area contributed by atoms with E-state index in [-0.39, 0.29) is 11.3 Å². The molecule has 2 aliphatic rings. The van der Waals surface area contributed by atoms with E-state index in [4.69, 9.17) is 10.5 Å². The second kappa shape index (κ2) is 3.97. The Morgan fingerprint density at radius 1 is 1.37 bits per heavy atom. The highest BCUT2D eigenvalue weighted by Crippen LogP contribution is 2.45. The number of fused-ring (bicyclic) bond motifs is 1. The van der Waals surface area contributed by atoms with Gasteiger partial charge in [-0.1, -0.05) is 12.5 Å². The van der Waals surface area contributed by atoms with Crippen molar-refractivity contribution < 1.29 is 9.53 Å². The quantitative estimate of drug-likeness (QED) is 0.856. The molecule has 0 radical (unpaired) electrons. The van der Waals surface area contributed by atoms with Crippen molar-refractivity contribution in [2.75, 3.05) is 11.9 Å². The van der Waals surface area contributed by atoms with Gasteiger partial charge in [0.25, 0.3) is 5.91 Å². The van der Waals surface area contributed by atoms with Crippen molar-refractivity contribution in [3.05, 3.63) is 23.8 Å². The monoisotopic (exact) mass is 260 g/mol. The van der Waals surface area contributed by atoms with E-state index in [2.05, 4.69) is 11.4 Å². The van der Waals surface area contributed by atoms with Gasteiger partial charge < -0.3 is 15.8 Å². The average Bonchev–Trinajstić information content (AvgIpc) is 2.30. The van der Waals surface area contributed by atoms with Crippen molar-refractivity contribution in [1.82, 2.24) is 0 Å². The lowest BCUT2D eigenvalue weighted by Crippen LogP contribution is -2.46. The highest BCUT2D eigenvalue weighted by molar-refractivity contribution is 6.00. The van der Waals surface area contributed by atoms with Crippen LogP contribution in [0.15, 0.2) is 18.2 Å². The van der Waals surface area contributed by atoms with Gasteiger partial charge in [-0.05, 0) is 44.4 Å². The van der Waals surface area contributed by atoms with Gasteiger partial charge in [-0.3, -0.25) is 4.79 Å². The summed E-state index contributed by atoms with van der Waals surface area (Å²) in [5, 5.41) is 2.93. The van der Waals surface area contributed by atoms with Crippen LogP contribution in [0.3, 0.4) is 0 Å². The number of amides is 1. The average molecular weight is 260 g/mol. The minimum atomic E-state index is -0.809. The zero-order valence-electron chi connectivity index (χ0n) is 11.5. The van der Waals surface area contributed by atoms with Gasteiger partial charge in [-0.25, -0.2) is 0 Å². The molecule has 1 aliphatic heterocycles. The van der Waals surface area contributed by atoms with Gasteiger partial charge in [0.05, 0.1) is 5.69 Å². The van der Waals surface area contributed by atoms with Gasteiger partial charge in [0.1, 0.15) is 5.75 Å². The van der Waals surface area contributed by atoms with Crippen LogP contribution >= 0.6 is 0 Å². The number of nitrogens with two attached hydrogens (primary N) is 1.